The Morgan fingerprint density at radius 3 is 2.27 bits per heavy atom. The van der Waals surface area contributed by atoms with Crippen molar-refractivity contribution in [2.45, 2.75) is 51.4 Å². The SMILES string of the molecule is Cc1ccc(-c2ccc(Cl)cc2)cc1C1C(=O)CC2(CCCCC2)C1=O. The predicted octanol–water partition coefficient (Wildman–Crippen LogP) is 5.89. The van der Waals surface area contributed by atoms with Crippen LogP contribution in [-0.4, -0.2) is 11.6 Å². The van der Waals surface area contributed by atoms with Gasteiger partial charge in [-0.25, -0.2) is 0 Å². The number of benzene rings is 2. The highest BCUT2D eigenvalue weighted by Gasteiger charge is 2.53. The van der Waals surface area contributed by atoms with Gasteiger partial charge in [-0.1, -0.05) is 55.1 Å². The maximum atomic E-state index is 13.3. The minimum absolute atomic E-state index is 0.105. The van der Waals surface area contributed by atoms with Crippen molar-refractivity contribution in [2.24, 2.45) is 5.41 Å². The molecule has 2 fully saturated rings. The highest BCUT2D eigenvalue weighted by atomic mass is 35.5. The zero-order valence-electron chi connectivity index (χ0n) is 15.1. The van der Waals surface area contributed by atoms with Gasteiger partial charge in [0.25, 0.3) is 0 Å². The highest BCUT2D eigenvalue weighted by molar-refractivity contribution is 6.30. The summed E-state index contributed by atoms with van der Waals surface area (Å²) in [4.78, 5) is 26.2. The summed E-state index contributed by atoms with van der Waals surface area (Å²) in [5.41, 5.74) is 3.58. The molecule has 2 aliphatic carbocycles. The van der Waals surface area contributed by atoms with Crippen molar-refractivity contribution in [1.29, 1.82) is 0 Å². The first-order valence-electron chi connectivity index (χ1n) is 9.44. The lowest BCUT2D eigenvalue weighted by molar-refractivity contribution is -0.129. The van der Waals surface area contributed by atoms with Crippen molar-refractivity contribution in [3.8, 4) is 11.1 Å². The van der Waals surface area contributed by atoms with Crippen LogP contribution in [0, 0.1) is 12.3 Å². The largest absolute Gasteiger partial charge is 0.298 e. The summed E-state index contributed by atoms with van der Waals surface area (Å²) < 4.78 is 0. The van der Waals surface area contributed by atoms with Crippen molar-refractivity contribution in [2.75, 3.05) is 0 Å². The van der Waals surface area contributed by atoms with Gasteiger partial charge in [-0.2, -0.15) is 0 Å². The van der Waals surface area contributed by atoms with Crippen LogP contribution in [0.4, 0.5) is 0 Å². The lowest BCUT2D eigenvalue weighted by Gasteiger charge is -2.31. The number of halogens is 1. The number of carbonyl (C=O) groups is 2. The molecular weight excluding hydrogens is 344 g/mol. The van der Waals surface area contributed by atoms with E-state index in [0.29, 0.717) is 11.4 Å². The highest BCUT2D eigenvalue weighted by Crippen LogP contribution is 2.50. The van der Waals surface area contributed by atoms with E-state index in [9.17, 15) is 9.59 Å². The molecule has 0 saturated heterocycles. The smallest absolute Gasteiger partial charge is 0.154 e. The van der Waals surface area contributed by atoms with Crippen LogP contribution in [0.5, 0.6) is 0 Å². The van der Waals surface area contributed by atoms with Crippen LogP contribution in [0.3, 0.4) is 0 Å². The minimum atomic E-state index is -0.583. The van der Waals surface area contributed by atoms with Crippen LogP contribution in [-0.2, 0) is 9.59 Å². The molecular formula is C23H23ClO2. The van der Waals surface area contributed by atoms with Gasteiger partial charge in [0.2, 0.25) is 0 Å². The zero-order valence-corrected chi connectivity index (χ0v) is 15.8. The maximum absolute atomic E-state index is 13.3. The van der Waals surface area contributed by atoms with Crippen molar-refractivity contribution in [3.63, 3.8) is 0 Å². The van der Waals surface area contributed by atoms with Gasteiger partial charge in [0, 0.05) is 16.9 Å². The third-order valence-electron chi connectivity index (χ3n) is 6.20. The fourth-order valence-corrected chi connectivity index (χ4v) is 4.84. The van der Waals surface area contributed by atoms with Crippen LogP contribution in [0.2, 0.25) is 5.02 Å². The van der Waals surface area contributed by atoms with Crippen molar-refractivity contribution < 1.29 is 9.59 Å². The number of Topliss-reactive ketones (excluding diaryl/α,β-unsaturated/α-hetero) is 2. The minimum Gasteiger partial charge on any atom is -0.298 e. The first-order chi connectivity index (χ1) is 12.5. The molecule has 0 N–H and O–H groups in total. The number of carbonyl (C=O) groups excluding carboxylic acids is 2. The topological polar surface area (TPSA) is 34.1 Å². The van der Waals surface area contributed by atoms with Crippen LogP contribution in [0.25, 0.3) is 11.1 Å². The molecule has 0 radical (unpaired) electrons. The number of ketones is 2. The van der Waals surface area contributed by atoms with E-state index >= 15 is 0 Å². The molecule has 2 aliphatic rings. The lowest BCUT2D eigenvalue weighted by atomic mass is 9.71. The molecule has 1 spiro atoms. The van der Waals surface area contributed by atoms with Crippen LogP contribution < -0.4 is 0 Å². The fourth-order valence-electron chi connectivity index (χ4n) is 4.71. The van der Waals surface area contributed by atoms with E-state index in [0.717, 1.165) is 47.9 Å². The van der Waals surface area contributed by atoms with Gasteiger partial charge in [-0.3, -0.25) is 9.59 Å². The normalized spacial score (nSPS) is 22.2. The average Bonchev–Trinajstić information content (AvgIpc) is 2.87. The second-order valence-electron chi connectivity index (χ2n) is 7.86. The molecule has 1 unspecified atom stereocenters. The van der Waals surface area contributed by atoms with Crippen molar-refractivity contribution >= 4 is 23.2 Å². The zero-order chi connectivity index (χ0) is 18.3. The summed E-state index contributed by atoms with van der Waals surface area (Å²) >= 11 is 5.99. The Hall–Kier alpha value is -1.93. The maximum Gasteiger partial charge on any atom is 0.154 e. The van der Waals surface area contributed by atoms with E-state index in [4.69, 9.17) is 11.6 Å². The van der Waals surface area contributed by atoms with Crippen LogP contribution >= 0.6 is 11.6 Å². The number of aryl methyl sites for hydroxylation is 1. The Morgan fingerprint density at radius 1 is 0.923 bits per heavy atom. The van der Waals surface area contributed by atoms with Gasteiger partial charge in [-0.05, 0) is 60.2 Å². The van der Waals surface area contributed by atoms with Gasteiger partial charge in [0.15, 0.2) is 5.78 Å². The number of hydrogen-bond acceptors (Lipinski definition) is 2. The molecule has 0 heterocycles. The van der Waals surface area contributed by atoms with E-state index in [-0.39, 0.29) is 17.0 Å². The van der Waals surface area contributed by atoms with Crippen molar-refractivity contribution in [3.05, 3.63) is 58.6 Å². The second-order valence-corrected chi connectivity index (χ2v) is 8.30. The van der Waals surface area contributed by atoms with Gasteiger partial charge < -0.3 is 0 Å². The summed E-state index contributed by atoms with van der Waals surface area (Å²) in [6, 6.07) is 13.8. The molecule has 26 heavy (non-hydrogen) atoms. The molecule has 134 valence electrons. The molecule has 3 heteroatoms. The first kappa shape index (κ1) is 17.5. The molecule has 2 nitrogen and oxygen atoms in total. The molecule has 2 aromatic rings. The van der Waals surface area contributed by atoms with E-state index < -0.39 is 5.92 Å². The third-order valence-corrected chi connectivity index (χ3v) is 6.45. The molecule has 0 aromatic heterocycles. The quantitative estimate of drug-likeness (QED) is 0.621. The Bertz CT molecular complexity index is 860. The summed E-state index contributed by atoms with van der Waals surface area (Å²) in [6.07, 6.45) is 5.50. The molecule has 0 amide bonds. The number of rotatable bonds is 2. The average molecular weight is 367 g/mol. The van der Waals surface area contributed by atoms with Gasteiger partial charge in [0.05, 0.1) is 0 Å². The summed E-state index contributed by atoms with van der Waals surface area (Å²) in [5.74, 6) is -0.313. The third kappa shape index (κ3) is 2.91. The molecule has 2 saturated carbocycles. The molecule has 0 aliphatic heterocycles. The van der Waals surface area contributed by atoms with E-state index in [2.05, 4.69) is 0 Å². The molecule has 4 rings (SSSR count). The Kier molecular flexibility index (Phi) is 4.48. The standard InChI is InChI=1S/C23H23ClO2/c1-15-5-6-17(16-7-9-18(24)10-8-16)13-19(15)21-20(25)14-23(22(21)26)11-3-2-4-12-23/h5-10,13,21H,2-4,11-12,14H2,1H3. The lowest BCUT2D eigenvalue weighted by Crippen LogP contribution is -2.30. The van der Waals surface area contributed by atoms with Crippen molar-refractivity contribution in [1.82, 2.24) is 0 Å². The van der Waals surface area contributed by atoms with Gasteiger partial charge >= 0.3 is 0 Å². The Labute approximate surface area is 159 Å². The fraction of sp³-hybridized carbons (Fsp3) is 0.391. The molecule has 0 bridgehead atoms. The summed E-state index contributed by atoms with van der Waals surface area (Å²) in [5, 5.41) is 0.696. The Morgan fingerprint density at radius 2 is 1.58 bits per heavy atom. The molecule has 1 atom stereocenters. The van der Waals surface area contributed by atoms with Gasteiger partial charge in [0.1, 0.15) is 11.7 Å². The van der Waals surface area contributed by atoms with Gasteiger partial charge in [-0.15, -0.1) is 0 Å². The van der Waals surface area contributed by atoms with E-state index in [1.54, 1.807) is 0 Å². The molecule has 2 aromatic carbocycles. The number of hydrogen-bond donors (Lipinski definition) is 0. The summed E-state index contributed by atoms with van der Waals surface area (Å²) in [6.45, 7) is 1.99. The second kappa shape index (κ2) is 6.66. The Balaban J connectivity index is 1.73. The predicted molar refractivity (Wildman–Crippen MR) is 105 cm³/mol. The van der Waals surface area contributed by atoms with Crippen LogP contribution in [0.1, 0.15) is 55.6 Å². The summed E-state index contributed by atoms with van der Waals surface area (Å²) in [7, 11) is 0. The van der Waals surface area contributed by atoms with Crippen LogP contribution in [0.15, 0.2) is 42.5 Å². The monoisotopic (exact) mass is 366 g/mol. The van der Waals surface area contributed by atoms with E-state index in [1.807, 2.05) is 49.4 Å². The van der Waals surface area contributed by atoms with E-state index in [1.165, 1.54) is 6.42 Å². The first-order valence-corrected chi connectivity index (χ1v) is 9.81.